The van der Waals surface area contributed by atoms with Crippen molar-refractivity contribution < 1.29 is 14.4 Å². The van der Waals surface area contributed by atoms with Gasteiger partial charge in [-0.2, -0.15) is 0 Å². The predicted octanol–water partition coefficient (Wildman–Crippen LogP) is 7.91. The molecule has 0 N–H and O–H groups in total. The van der Waals surface area contributed by atoms with E-state index >= 15 is 0 Å². The normalized spacial score (nSPS) is 12.7. The number of aryl methyl sites for hydroxylation is 3. The van der Waals surface area contributed by atoms with Gasteiger partial charge in [0.15, 0.2) is 6.29 Å². The van der Waals surface area contributed by atoms with Crippen LogP contribution in [0.2, 0.25) is 0 Å². The summed E-state index contributed by atoms with van der Waals surface area (Å²) in [5.74, 6) is 0.875. The number of Topliss-reactive ketones (excluding diaryl/α,β-unsaturated/α-hetero) is 1. The van der Waals surface area contributed by atoms with Crippen LogP contribution in [-0.4, -0.2) is 40.5 Å². The van der Waals surface area contributed by atoms with Crippen LogP contribution in [0.3, 0.4) is 0 Å². The number of nitrogens with zero attached hydrogens (tertiary/aromatic N) is 2. The zero-order valence-electron chi connectivity index (χ0n) is 25.3. The van der Waals surface area contributed by atoms with E-state index in [1.54, 1.807) is 0 Å². The molecule has 0 atom stereocenters. The average molecular weight is 533 g/mol. The number of aromatic nitrogens is 1. The molecular formula is C34H48N2O3. The average Bonchev–Trinajstić information content (AvgIpc) is 3.24. The minimum atomic E-state index is 0.0823. The van der Waals surface area contributed by atoms with E-state index in [-0.39, 0.29) is 11.7 Å². The Labute approximate surface area is 235 Å². The van der Waals surface area contributed by atoms with Crippen molar-refractivity contribution in [3.05, 3.63) is 83.1 Å². The van der Waals surface area contributed by atoms with Gasteiger partial charge in [-0.1, -0.05) is 56.7 Å². The number of aldehydes is 1. The Hall–Kier alpha value is -3.47. The van der Waals surface area contributed by atoms with Crippen LogP contribution in [0.4, 0.5) is 0 Å². The van der Waals surface area contributed by atoms with Gasteiger partial charge in [-0.3, -0.25) is 9.59 Å². The van der Waals surface area contributed by atoms with Gasteiger partial charge in [0.05, 0.1) is 0 Å². The molecule has 1 fully saturated rings. The number of hydrogen-bond donors (Lipinski definition) is 0. The highest BCUT2D eigenvalue weighted by molar-refractivity contribution is 6.04. The summed E-state index contributed by atoms with van der Waals surface area (Å²) in [4.78, 5) is 36.0. The molecule has 5 nitrogen and oxygen atoms in total. The van der Waals surface area contributed by atoms with Crippen LogP contribution in [0.5, 0.6) is 0 Å². The number of likely N-dealkylation sites (tertiary alicyclic amines) is 1. The SMILES string of the molecule is C=CCC.CC.CC(C)=O.Cc1ccc(CC2CCN(C(=O)c3cc4c(C=O)cn(C)c4cc3C)CC2)cc1. The Morgan fingerprint density at radius 2 is 1.56 bits per heavy atom. The van der Waals surface area contributed by atoms with E-state index in [0.29, 0.717) is 17.0 Å². The van der Waals surface area contributed by atoms with Crippen molar-refractivity contribution in [1.82, 2.24) is 9.47 Å². The molecule has 0 radical (unpaired) electrons. The van der Waals surface area contributed by atoms with Crippen molar-refractivity contribution in [1.29, 1.82) is 0 Å². The summed E-state index contributed by atoms with van der Waals surface area (Å²) >= 11 is 0. The third kappa shape index (κ3) is 10.3. The maximum Gasteiger partial charge on any atom is 0.254 e. The maximum atomic E-state index is 13.2. The Morgan fingerprint density at radius 1 is 1.03 bits per heavy atom. The summed E-state index contributed by atoms with van der Waals surface area (Å²) in [6.45, 7) is 18.3. The molecule has 4 rings (SSSR count). The van der Waals surface area contributed by atoms with E-state index in [0.717, 1.165) is 61.5 Å². The second kappa shape index (κ2) is 17.2. The lowest BCUT2D eigenvalue weighted by Gasteiger charge is -2.32. The number of piperidine rings is 1. The Balaban J connectivity index is 0.000000663. The number of carbonyl (C=O) groups excluding carboxylic acids is 3. The molecule has 39 heavy (non-hydrogen) atoms. The maximum absolute atomic E-state index is 13.2. The van der Waals surface area contributed by atoms with E-state index in [1.165, 1.54) is 25.0 Å². The quantitative estimate of drug-likeness (QED) is 0.248. The number of carbonyl (C=O) groups is 3. The van der Waals surface area contributed by atoms with E-state index in [9.17, 15) is 14.4 Å². The smallest absolute Gasteiger partial charge is 0.254 e. The molecule has 0 bridgehead atoms. The Kier molecular flexibility index (Phi) is 14.8. The Bertz CT molecular complexity index is 1210. The Morgan fingerprint density at radius 3 is 2.05 bits per heavy atom. The van der Waals surface area contributed by atoms with Gasteiger partial charge in [-0.25, -0.2) is 0 Å². The zero-order valence-corrected chi connectivity index (χ0v) is 25.3. The predicted molar refractivity (Wildman–Crippen MR) is 165 cm³/mol. The lowest BCUT2D eigenvalue weighted by atomic mass is 9.89. The molecule has 212 valence electrons. The van der Waals surface area contributed by atoms with Gasteiger partial charge in [-0.15, -0.1) is 6.58 Å². The summed E-state index contributed by atoms with van der Waals surface area (Å²) < 4.78 is 1.94. The van der Waals surface area contributed by atoms with Gasteiger partial charge in [0.1, 0.15) is 5.78 Å². The first-order valence-electron chi connectivity index (χ1n) is 14.1. The third-order valence-electron chi connectivity index (χ3n) is 6.56. The first-order chi connectivity index (χ1) is 18.6. The fourth-order valence-corrected chi connectivity index (χ4v) is 4.46. The van der Waals surface area contributed by atoms with Crippen LogP contribution >= 0.6 is 0 Å². The standard InChI is InChI=1S/C25H28N2O2.C4H8.C3H6O.C2H6/c1-17-4-6-19(7-5-17)13-20-8-10-27(11-9-20)25(29)22-14-23-21(16-28)15-26(3)24(23)12-18(22)2;1-3-4-2;1-3(2)4;1-2/h4-7,12,14-16,20H,8-11,13H2,1-3H3;3H,1,4H2,2H3;1-2H3;1-2H3. The second-order valence-electron chi connectivity index (χ2n) is 10.0. The molecule has 0 saturated carbocycles. The summed E-state index contributed by atoms with van der Waals surface area (Å²) in [6, 6.07) is 12.7. The van der Waals surface area contributed by atoms with Crippen molar-refractivity contribution in [2.75, 3.05) is 13.1 Å². The van der Waals surface area contributed by atoms with Crippen LogP contribution in [0.1, 0.15) is 91.3 Å². The fourth-order valence-electron chi connectivity index (χ4n) is 4.46. The minimum absolute atomic E-state index is 0.0823. The summed E-state index contributed by atoms with van der Waals surface area (Å²) in [6.07, 6.45) is 8.79. The van der Waals surface area contributed by atoms with E-state index in [1.807, 2.05) is 61.7 Å². The minimum Gasteiger partial charge on any atom is -0.350 e. The van der Waals surface area contributed by atoms with E-state index in [4.69, 9.17) is 0 Å². The molecule has 0 aliphatic carbocycles. The monoisotopic (exact) mass is 532 g/mol. The van der Waals surface area contributed by atoms with Crippen molar-refractivity contribution in [2.45, 2.75) is 74.1 Å². The third-order valence-corrected chi connectivity index (χ3v) is 6.56. The van der Waals surface area contributed by atoms with Crippen LogP contribution in [0.15, 0.2) is 55.3 Å². The van der Waals surface area contributed by atoms with Crippen molar-refractivity contribution in [3.8, 4) is 0 Å². The molecule has 2 aromatic carbocycles. The van der Waals surface area contributed by atoms with Gasteiger partial charge in [-0.05, 0) is 82.6 Å². The molecule has 3 aromatic rings. The van der Waals surface area contributed by atoms with Gasteiger partial charge >= 0.3 is 0 Å². The van der Waals surface area contributed by atoms with Crippen molar-refractivity contribution in [3.63, 3.8) is 0 Å². The van der Waals surface area contributed by atoms with Gasteiger partial charge in [0.2, 0.25) is 0 Å². The summed E-state index contributed by atoms with van der Waals surface area (Å²) in [7, 11) is 1.93. The van der Waals surface area contributed by atoms with Crippen molar-refractivity contribution in [2.24, 2.45) is 13.0 Å². The molecule has 2 heterocycles. The number of benzene rings is 2. The molecule has 1 saturated heterocycles. The highest BCUT2D eigenvalue weighted by Crippen LogP contribution is 2.27. The number of fused-ring (bicyclic) bond motifs is 1. The highest BCUT2D eigenvalue weighted by atomic mass is 16.2. The highest BCUT2D eigenvalue weighted by Gasteiger charge is 2.25. The molecular weight excluding hydrogens is 484 g/mol. The largest absolute Gasteiger partial charge is 0.350 e. The number of amides is 1. The van der Waals surface area contributed by atoms with Crippen LogP contribution in [0, 0.1) is 19.8 Å². The fraction of sp³-hybridized carbons (Fsp3) is 0.441. The van der Waals surface area contributed by atoms with Gasteiger partial charge < -0.3 is 14.3 Å². The topological polar surface area (TPSA) is 59.4 Å². The molecule has 1 aliphatic rings. The summed E-state index contributed by atoms with van der Waals surface area (Å²) in [5.41, 5.74) is 5.96. The number of ketones is 1. The molecule has 0 spiro atoms. The molecule has 0 unspecified atom stereocenters. The molecule has 1 amide bonds. The van der Waals surface area contributed by atoms with Gasteiger partial charge in [0, 0.05) is 48.4 Å². The van der Waals surface area contributed by atoms with Crippen LogP contribution in [0.25, 0.3) is 10.9 Å². The first kappa shape index (κ1) is 33.6. The number of rotatable bonds is 5. The zero-order chi connectivity index (χ0) is 29.5. The molecule has 1 aromatic heterocycles. The van der Waals surface area contributed by atoms with Crippen LogP contribution in [-0.2, 0) is 18.3 Å². The molecule has 1 aliphatic heterocycles. The van der Waals surface area contributed by atoms with Crippen molar-refractivity contribution >= 4 is 28.9 Å². The lowest BCUT2D eigenvalue weighted by molar-refractivity contribution is -0.115. The second-order valence-corrected chi connectivity index (χ2v) is 10.0. The number of hydrogen-bond acceptors (Lipinski definition) is 3. The van der Waals surface area contributed by atoms with Gasteiger partial charge in [0.25, 0.3) is 5.91 Å². The lowest BCUT2D eigenvalue weighted by Crippen LogP contribution is -2.39. The first-order valence-corrected chi connectivity index (χ1v) is 14.1. The summed E-state index contributed by atoms with van der Waals surface area (Å²) in [5, 5.41) is 0.853. The molecule has 5 heteroatoms. The van der Waals surface area contributed by atoms with Crippen LogP contribution < -0.4 is 0 Å². The van der Waals surface area contributed by atoms with E-state index < -0.39 is 0 Å². The number of allylic oxidation sites excluding steroid dienone is 1. The van der Waals surface area contributed by atoms with E-state index in [2.05, 4.69) is 44.7 Å².